The molecule has 0 bridgehead atoms. The van der Waals surface area contributed by atoms with Crippen molar-refractivity contribution in [2.45, 2.75) is 65.0 Å². The van der Waals surface area contributed by atoms with Crippen LogP contribution in [0.5, 0.6) is 0 Å². The van der Waals surface area contributed by atoms with Gasteiger partial charge in [0.2, 0.25) is 0 Å². The number of amides is 1. The summed E-state index contributed by atoms with van der Waals surface area (Å²) in [5.41, 5.74) is 0.331. The average Bonchev–Trinajstić information content (AvgIpc) is 2.94. The summed E-state index contributed by atoms with van der Waals surface area (Å²) in [6.07, 6.45) is -0.266. The Morgan fingerprint density at radius 2 is 2.00 bits per heavy atom. The minimum absolute atomic E-state index is 0.0473. The smallest absolute Gasteiger partial charge is 0.411 e. The van der Waals surface area contributed by atoms with Gasteiger partial charge in [-0.2, -0.15) is 0 Å². The van der Waals surface area contributed by atoms with E-state index in [0.29, 0.717) is 13.2 Å². The van der Waals surface area contributed by atoms with Gasteiger partial charge in [0.25, 0.3) is 0 Å². The number of nitrogens with zero attached hydrogens (tertiary/aromatic N) is 2. The highest BCUT2D eigenvalue weighted by Gasteiger charge is 2.35. The Labute approximate surface area is 153 Å². The normalized spacial score (nSPS) is 19.0. The van der Waals surface area contributed by atoms with Crippen molar-refractivity contribution in [3.63, 3.8) is 0 Å². The second-order valence-corrected chi connectivity index (χ2v) is 9.23. The van der Waals surface area contributed by atoms with Gasteiger partial charge in [-0.1, -0.05) is 20.8 Å². The van der Waals surface area contributed by atoms with Gasteiger partial charge in [0, 0.05) is 17.3 Å². The molecule has 1 aromatic heterocycles. The summed E-state index contributed by atoms with van der Waals surface area (Å²) in [6, 6.07) is -0.620. The Hall–Kier alpha value is -1.47. The fourth-order valence-corrected chi connectivity index (χ4v) is 3.44. The summed E-state index contributed by atoms with van der Waals surface area (Å²) in [5.74, 6) is -0.0691. The van der Waals surface area contributed by atoms with Gasteiger partial charge in [0.1, 0.15) is 16.7 Å². The largest absolute Gasteiger partial charge is 0.444 e. The number of aromatic nitrogens is 1. The van der Waals surface area contributed by atoms with E-state index < -0.39 is 17.7 Å². The molecule has 1 atom stereocenters. The Bertz CT molecular complexity index is 628. The SMILES string of the molecule is CC(C)(C)OC(=O)N1CCOCC1C(=O)Cc1nc(C(C)(C)C)cs1. The molecule has 0 radical (unpaired) electrons. The summed E-state index contributed by atoms with van der Waals surface area (Å²) in [5, 5.41) is 2.76. The van der Waals surface area contributed by atoms with Crippen LogP contribution in [0.25, 0.3) is 0 Å². The molecular formula is C18H28N2O4S. The summed E-state index contributed by atoms with van der Waals surface area (Å²) < 4.78 is 10.8. The molecule has 140 valence electrons. The molecule has 0 spiro atoms. The summed E-state index contributed by atoms with van der Waals surface area (Å²) in [4.78, 5) is 31.2. The predicted molar refractivity (Wildman–Crippen MR) is 97.1 cm³/mol. The maximum absolute atomic E-state index is 12.7. The van der Waals surface area contributed by atoms with Crippen LogP contribution in [0.4, 0.5) is 4.79 Å². The molecule has 1 aromatic rings. The first kappa shape index (κ1) is 19.8. The molecule has 6 nitrogen and oxygen atoms in total. The number of rotatable bonds is 3. The minimum Gasteiger partial charge on any atom is -0.444 e. The van der Waals surface area contributed by atoms with Crippen LogP contribution in [-0.4, -0.2) is 53.2 Å². The van der Waals surface area contributed by atoms with Gasteiger partial charge >= 0.3 is 6.09 Å². The topological polar surface area (TPSA) is 68.7 Å². The molecule has 0 N–H and O–H groups in total. The third-order valence-corrected chi connectivity index (χ3v) is 4.62. The van der Waals surface area contributed by atoms with Crippen LogP contribution in [0.2, 0.25) is 0 Å². The zero-order valence-corrected chi connectivity index (χ0v) is 16.7. The van der Waals surface area contributed by atoms with Crippen molar-refractivity contribution in [3.05, 3.63) is 16.1 Å². The highest BCUT2D eigenvalue weighted by atomic mass is 32.1. The molecule has 1 saturated heterocycles. The first-order chi connectivity index (χ1) is 11.5. The molecule has 2 heterocycles. The number of Topliss-reactive ketones (excluding diaryl/α,β-unsaturated/α-hetero) is 1. The molecular weight excluding hydrogens is 340 g/mol. The third-order valence-electron chi connectivity index (χ3n) is 3.77. The lowest BCUT2D eigenvalue weighted by Crippen LogP contribution is -2.54. The Balaban J connectivity index is 2.07. The zero-order valence-electron chi connectivity index (χ0n) is 15.9. The van der Waals surface area contributed by atoms with Crippen LogP contribution >= 0.6 is 11.3 Å². The van der Waals surface area contributed by atoms with Crippen molar-refractivity contribution in [2.75, 3.05) is 19.8 Å². The summed E-state index contributed by atoms with van der Waals surface area (Å²) >= 11 is 1.48. The number of carbonyl (C=O) groups is 2. The van der Waals surface area contributed by atoms with Gasteiger partial charge in [0.15, 0.2) is 5.78 Å². The lowest BCUT2D eigenvalue weighted by Gasteiger charge is -2.35. The third kappa shape index (κ3) is 5.51. The molecule has 2 rings (SSSR count). The fraction of sp³-hybridized carbons (Fsp3) is 0.722. The number of morpholine rings is 1. The maximum atomic E-state index is 12.7. The monoisotopic (exact) mass is 368 g/mol. The van der Waals surface area contributed by atoms with Crippen LogP contribution in [-0.2, 0) is 26.1 Å². The highest BCUT2D eigenvalue weighted by Crippen LogP contribution is 2.25. The van der Waals surface area contributed by atoms with E-state index in [9.17, 15) is 9.59 Å². The Morgan fingerprint density at radius 3 is 2.56 bits per heavy atom. The second kappa shape index (κ2) is 7.41. The minimum atomic E-state index is -0.620. The number of ketones is 1. The quantitative estimate of drug-likeness (QED) is 0.819. The second-order valence-electron chi connectivity index (χ2n) is 8.28. The molecule has 1 amide bonds. The molecule has 1 unspecified atom stereocenters. The molecule has 7 heteroatoms. The number of ether oxygens (including phenoxy) is 2. The molecule has 0 aliphatic carbocycles. The predicted octanol–water partition coefficient (Wildman–Crippen LogP) is 3.19. The van der Waals surface area contributed by atoms with Crippen molar-refractivity contribution in [1.82, 2.24) is 9.88 Å². The standard InChI is InChI=1S/C18H28N2O4S/c1-17(2,3)14-11-25-15(19-14)9-13(21)12-10-23-8-7-20(12)16(22)24-18(4,5)6/h11-12H,7-10H2,1-6H3. The van der Waals surface area contributed by atoms with Crippen molar-refractivity contribution >= 4 is 23.2 Å². The van der Waals surface area contributed by atoms with E-state index in [4.69, 9.17) is 9.47 Å². The van der Waals surface area contributed by atoms with E-state index in [1.165, 1.54) is 16.2 Å². The van der Waals surface area contributed by atoms with Gasteiger partial charge < -0.3 is 9.47 Å². The van der Waals surface area contributed by atoms with Crippen LogP contribution in [0.3, 0.4) is 0 Å². The van der Waals surface area contributed by atoms with Gasteiger partial charge in [-0.15, -0.1) is 11.3 Å². The number of hydrogen-bond donors (Lipinski definition) is 0. The first-order valence-electron chi connectivity index (χ1n) is 8.52. The van der Waals surface area contributed by atoms with Crippen molar-refractivity contribution in [3.8, 4) is 0 Å². The molecule has 1 aliphatic heterocycles. The Morgan fingerprint density at radius 1 is 1.32 bits per heavy atom. The summed E-state index contributed by atoms with van der Waals surface area (Å²) in [7, 11) is 0. The number of thiazole rings is 1. The van der Waals surface area contributed by atoms with Gasteiger partial charge in [-0.05, 0) is 20.8 Å². The van der Waals surface area contributed by atoms with Gasteiger partial charge in [-0.25, -0.2) is 9.78 Å². The van der Waals surface area contributed by atoms with Crippen LogP contribution in [0, 0.1) is 0 Å². The Kier molecular flexibility index (Phi) is 5.89. The van der Waals surface area contributed by atoms with Crippen molar-refractivity contribution in [1.29, 1.82) is 0 Å². The van der Waals surface area contributed by atoms with E-state index in [2.05, 4.69) is 25.8 Å². The zero-order chi connectivity index (χ0) is 18.8. The number of hydrogen-bond acceptors (Lipinski definition) is 6. The van der Waals surface area contributed by atoms with E-state index in [-0.39, 0.29) is 24.2 Å². The highest BCUT2D eigenvalue weighted by molar-refractivity contribution is 7.09. The lowest BCUT2D eigenvalue weighted by atomic mass is 9.93. The van der Waals surface area contributed by atoms with E-state index in [1.54, 1.807) is 0 Å². The molecule has 1 fully saturated rings. The summed E-state index contributed by atoms with van der Waals surface area (Å²) in [6.45, 7) is 12.7. The number of carbonyl (C=O) groups excluding carboxylic acids is 2. The molecule has 0 aromatic carbocycles. The van der Waals surface area contributed by atoms with Gasteiger partial charge in [-0.3, -0.25) is 9.69 Å². The molecule has 25 heavy (non-hydrogen) atoms. The van der Waals surface area contributed by atoms with Crippen LogP contribution in [0.15, 0.2) is 5.38 Å². The average molecular weight is 368 g/mol. The van der Waals surface area contributed by atoms with E-state index >= 15 is 0 Å². The van der Waals surface area contributed by atoms with E-state index in [1.807, 2.05) is 26.2 Å². The van der Waals surface area contributed by atoms with Crippen molar-refractivity contribution < 1.29 is 19.1 Å². The molecule has 0 saturated carbocycles. The van der Waals surface area contributed by atoms with Crippen LogP contribution < -0.4 is 0 Å². The van der Waals surface area contributed by atoms with Crippen LogP contribution in [0.1, 0.15) is 52.2 Å². The van der Waals surface area contributed by atoms with Crippen molar-refractivity contribution in [2.24, 2.45) is 0 Å². The van der Waals surface area contributed by atoms with E-state index in [0.717, 1.165) is 10.7 Å². The fourth-order valence-electron chi connectivity index (χ4n) is 2.41. The van der Waals surface area contributed by atoms with Gasteiger partial charge in [0.05, 0.1) is 25.3 Å². The molecule has 1 aliphatic rings. The maximum Gasteiger partial charge on any atom is 0.411 e. The first-order valence-corrected chi connectivity index (χ1v) is 9.40. The lowest BCUT2D eigenvalue weighted by molar-refractivity contribution is -0.129.